The molecule has 3 aromatic rings. The molecule has 0 saturated carbocycles. The van der Waals surface area contributed by atoms with Gasteiger partial charge in [0.1, 0.15) is 5.76 Å². The summed E-state index contributed by atoms with van der Waals surface area (Å²) < 4.78 is 44.0. The quantitative estimate of drug-likeness (QED) is 0.636. The second-order valence-corrected chi connectivity index (χ2v) is 5.95. The van der Waals surface area contributed by atoms with Crippen LogP contribution in [0.4, 0.5) is 24.5 Å². The number of benzene rings is 1. The molecule has 0 atom stereocenters. The van der Waals surface area contributed by atoms with Gasteiger partial charge in [0.2, 0.25) is 0 Å². The van der Waals surface area contributed by atoms with Crippen LogP contribution in [0.3, 0.4) is 0 Å². The summed E-state index contributed by atoms with van der Waals surface area (Å²) in [5.41, 5.74) is -0.177. The number of nitrogens with one attached hydrogen (secondary N) is 2. The van der Waals surface area contributed by atoms with E-state index in [4.69, 9.17) is 16.0 Å². The average molecular weight is 396 g/mol. The Hall–Kier alpha value is -3.00. The zero-order valence-corrected chi connectivity index (χ0v) is 14.4. The molecule has 27 heavy (non-hydrogen) atoms. The van der Waals surface area contributed by atoms with Crippen molar-refractivity contribution in [1.82, 2.24) is 10.3 Å². The summed E-state index contributed by atoms with van der Waals surface area (Å²) in [6.45, 7) is 0.204. The van der Waals surface area contributed by atoms with Crippen molar-refractivity contribution in [3.05, 3.63) is 77.0 Å². The zero-order chi connectivity index (χ0) is 19.4. The van der Waals surface area contributed by atoms with Gasteiger partial charge in [-0.2, -0.15) is 13.2 Å². The minimum Gasteiger partial charge on any atom is -0.467 e. The third-order valence-electron chi connectivity index (χ3n) is 3.56. The molecular weight excluding hydrogens is 383 g/mol. The van der Waals surface area contributed by atoms with E-state index in [1.165, 1.54) is 30.8 Å². The minimum absolute atomic E-state index is 0.168. The van der Waals surface area contributed by atoms with Crippen LogP contribution in [-0.2, 0) is 12.7 Å². The highest BCUT2D eigenvalue weighted by atomic mass is 35.5. The monoisotopic (exact) mass is 395 g/mol. The van der Waals surface area contributed by atoms with Crippen molar-refractivity contribution >= 4 is 28.9 Å². The van der Waals surface area contributed by atoms with E-state index < -0.39 is 22.7 Å². The topological polar surface area (TPSA) is 67.2 Å². The molecule has 1 amide bonds. The van der Waals surface area contributed by atoms with Crippen molar-refractivity contribution in [3.63, 3.8) is 0 Å². The van der Waals surface area contributed by atoms with E-state index in [-0.39, 0.29) is 17.8 Å². The van der Waals surface area contributed by atoms with Crippen molar-refractivity contribution in [2.75, 3.05) is 5.32 Å². The average Bonchev–Trinajstić information content (AvgIpc) is 3.14. The lowest BCUT2D eigenvalue weighted by molar-refractivity contribution is -0.137. The Morgan fingerprint density at radius 1 is 1.15 bits per heavy atom. The van der Waals surface area contributed by atoms with Gasteiger partial charge in [-0.1, -0.05) is 11.6 Å². The predicted molar refractivity (Wildman–Crippen MR) is 93.9 cm³/mol. The molecule has 0 aliphatic rings. The second-order valence-electron chi connectivity index (χ2n) is 5.54. The van der Waals surface area contributed by atoms with Gasteiger partial charge in [-0.15, -0.1) is 0 Å². The van der Waals surface area contributed by atoms with Gasteiger partial charge in [0.05, 0.1) is 40.8 Å². The first-order valence-electron chi connectivity index (χ1n) is 7.72. The lowest BCUT2D eigenvalue weighted by Gasteiger charge is -2.12. The predicted octanol–water partition coefficient (Wildman–Crippen LogP) is 5.02. The standard InChI is InChI=1S/C18H13ClF3N3O2/c19-16-4-3-12(7-15(16)18(20,21)22)25-13-6-11(8-23-9-13)17(26)24-10-14-2-1-5-27-14/h1-9,25H,10H2,(H,24,26). The van der Waals surface area contributed by atoms with E-state index in [1.807, 2.05) is 0 Å². The number of carbonyl (C=O) groups is 1. The van der Waals surface area contributed by atoms with E-state index in [0.717, 1.165) is 12.1 Å². The van der Waals surface area contributed by atoms with Gasteiger partial charge in [-0.05, 0) is 36.4 Å². The number of nitrogens with zero attached hydrogens (tertiary/aromatic N) is 1. The number of carbonyl (C=O) groups excluding carboxylic acids is 1. The van der Waals surface area contributed by atoms with Crippen LogP contribution in [0.2, 0.25) is 5.02 Å². The molecule has 0 fully saturated rings. The fourth-order valence-electron chi connectivity index (χ4n) is 2.30. The van der Waals surface area contributed by atoms with Crippen LogP contribution in [0.5, 0.6) is 0 Å². The third-order valence-corrected chi connectivity index (χ3v) is 3.89. The Kier molecular flexibility index (Phi) is 5.36. The SMILES string of the molecule is O=C(NCc1ccco1)c1cncc(Nc2ccc(Cl)c(C(F)(F)F)c2)c1. The van der Waals surface area contributed by atoms with Crippen LogP contribution in [-0.4, -0.2) is 10.9 Å². The molecule has 5 nitrogen and oxygen atoms in total. The largest absolute Gasteiger partial charge is 0.467 e. The van der Waals surface area contributed by atoms with Gasteiger partial charge in [-0.3, -0.25) is 9.78 Å². The molecule has 2 heterocycles. The van der Waals surface area contributed by atoms with E-state index in [9.17, 15) is 18.0 Å². The number of hydrogen-bond acceptors (Lipinski definition) is 4. The molecule has 0 unspecified atom stereocenters. The number of aromatic nitrogens is 1. The van der Waals surface area contributed by atoms with Gasteiger partial charge in [0.15, 0.2) is 0 Å². The first-order chi connectivity index (χ1) is 12.8. The summed E-state index contributed by atoms with van der Waals surface area (Å²) in [5.74, 6) is 0.195. The van der Waals surface area contributed by atoms with Crippen LogP contribution in [0.1, 0.15) is 21.7 Å². The summed E-state index contributed by atoms with van der Waals surface area (Å²) in [6.07, 6.45) is -0.327. The van der Waals surface area contributed by atoms with E-state index in [0.29, 0.717) is 11.4 Å². The maximum Gasteiger partial charge on any atom is 0.417 e. The number of pyridine rings is 1. The fraction of sp³-hybridized carbons (Fsp3) is 0.111. The number of anilines is 2. The smallest absolute Gasteiger partial charge is 0.417 e. The molecule has 9 heteroatoms. The van der Waals surface area contributed by atoms with Crippen LogP contribution in [0, 0.1) is 0 Å². The third kappa shape index (κ3) is 4.79. The maximum absolute atomic E-state index is 13.0. The Morgan fingerprint density at radius 3 is 2.67 bits per heavy atom. The van der Waals surface area contributed by atoms with Crippen LogP contribution in [0.15, 0.2) is 59.5 Å². The van der Waals surface area contributed by atoms with Gasteiger partial charge in [0.25, 0.3) is 5.91 Å². The van der Waals surface area contributed by atoms with Gasteiger partial charge in [-0.25, -0.2) is 0 Å². The molecule has 0 radical (unpaired) electrons. The van der Waals surface area contributed by atoms with Crippen LogP contribution in [0.25, 0.3) is 0 Å². The highest BCUT2D eigenvalue weighted by molar-refractivity contribution is 6.31. The zero-order valence-electron chi connectivity index (χ0n) is 13.7. The van der Waals surface area contributed by atoms with E-state index >= 15 is 0 Å². The first kappa shape index (κ1) is 18.8. The Balaban J connectivity index is 1.73. The molecule has 0 aliphatic carbocycles. The van der Waals surface area contributed by atoms with Gasteiger partial charge in [0, 0.05) is 11.9 Å². The molecule has 2 N–H and O–H groups in total. The minimum atomic E-state index is -4.57. The molecule has 0 aliphatic heterocycles. The molecule has 1 aromatic carbocycles. The molecule has 0 saturated heterocycles. The Morgan fingerprint density at radius 2 is 1.96 bits per heavy atom. The van der Waals surface area contributed by atoms with Crippen molar-refractivity contribution in [3.8, 4) is 0 Å². The highest BCUT2D eigenvalue weighted by Gasteiger charge is 2.33. The normalized spacial score (nSPS) is 11.3. The van der Waals surface area contributed by atoms with Gasteiger partial charge >= 0.3 is 6.18 Å². The number of alkyl halides is 3. The molecule has 0 bridgehead atoms. The van der Waals surface area contributed by atoms with Gasteiger partial charge < -0.3 is 15.1 Å². The Bertz CT molecular complexity index is 943. The second kappa shape index (κ2) is 7.71. The first-order valence-corrected chi connectivity index (χ1v) is 8.10. The van der Waals surface area contributed by atoms with E-state index in [2.05, 4.69) is 15.6 Å². The van der Waals surface area contributed by atoms with Crippen molar-refractivity contribution in [1.29, 1.82) is 0 Å². The lowest BCUT2D eigenvalue weighted by Crippen LogP contribution is -2.22. The van der Waals surface area contributed by atoms with Crippen molar-refractivity contribution in [2.24, 2.45) is 0 Å². The molecular formula is C18H13ClF3N3O2. The number of halogens is 4. The number of rotatable bonds is 5. The molecule has 0 spiro atoms. The number of furan rings is 1. The summed E-state index contributed by atoms with van der Waals surface area (Å²) >= 11 is 5.61. The summed E-state index contributed by atoms with van der Waals surface area (Å²) in [4.78, 5) is 16.1. The fourth-order valence-corrected chi connectivity index (χ4v) is 2.53. The number of hydrogen-bond donors (Lipinski definition) is 2. The summed E-state index contributed by atoms with van der Waals surface area (Å²) in [6, 6.07) is 8.35. The van der Waals surface area contributed by atoms with Crippen LogP contribution >= 0.6 is 11.6 Å². The van der Waals surface area contributed by atoms with E-state index in [1.54, 1.807) is 12.1 Å². The molecule has 2 aromatic heterocycles. The number of amides is 1. The maximum atomic E-state index is 13.0. The Labute approximate surface area is 157 Å². The molecule has 3 rings (SSSR count). The summed E-state index contributed by atoms with van der Waals surface area (Å²) in [5, 5.41) is 5.06. The lowest BCUT2D eigenvalue weighted by atomic mass is 10.2. The highest BCUT2D eigenvalue weighted by Crippen LogP contribution is 2.36. The summed E-state index contributed by atoms with van der Waals surface area (Å²) in [7, 11) is 0. The molecule has 140 valence electrons. The van der Waals surface area contributed by atoms with Crippen LogP contribution < -0.4 is 10.6 Å². The van der Waals surface area contributed by atoms with Crippen molar-refractivity contribution < 1.29 is 22.4 Å². The van der Waals surface area contributed by atoms with Crippen molar-refractivity contribution in [2.45, 2.75) is 12.7 Å².